The van der Waals surface area contributed by atoms with E-state index in [1.807, 2.05) is 6.07 Å². The number of sulfonamides is 1. The second-order valence-corrected chi connectivity index (χ2v) is 10.4. The van der Waals surface area contributed by atoms with Crippen LogP contribution in [-0.4, -0.2) is 21.5 Å². The molecule has 26 heavy (non-hydrogen) atoms. The maximum absolute atomic E-state index is 12.5. The molecule has 1 aliphatic rings. The molecule has 0 aliphatic carbocycles. The third-order valence-electron chi connectivity index (χ3n) is 4.87. The summed E-state index contributed by atoms with van der Waals surface area (Å²) in [6.07, 6.45) is 1.03. The van der Waals surface area contributed by atoms with Crippen LogP contribution in [0.4, 0.5) is 0 Å². The van der Waals surface area contributed by atoms with E-state index in [-0.39, 0.29) is 6.04 Å². The molecule has 0 saturated heterocycles. The van der Waals surface area contributed by atoms with Crippen molar-refractivity contribution in [1.29, 1.82) is 0 Å². The van der Waals surface area contributed by atoms with Gasteiger partial charge in [0.05, 0.1) is 18.0 Å². The number of rotatable bonds is 6. The van der Waals surface area contributed by atoms with E-state index in [2.05, 4.69) is 40.4 Å². The predicted molar refractivity (Wildman–Crippen MR) is 106 cm³/mol. The van der Waals surface area contributed by atoms with Gasteiger partial charge in [0.15, 0.2) is 0 Å². The molecule has 0 fully saturated rings. The highest BCUT2D eigenvalue weighted by Crippen LogP contribution is 2.20. The molecule has 3 aromatic rings. The topological polar surface area (TPSA) is 50.6 Å². The highest BCUT2D eigenvalue weighted by Gasteiger charge is 2.30. The van der Waals surface area contributed by atoms with Crippen LogP contribution in [0.25, 0.3) is 0 Å². The lowest BCUT2D eigenvalue weighted by Gasteiger charge is -2.32. The molecule has 136 valence electrons. The van der Waals surface area contributed by atoms with Crippen LogP contribution in [0, 0.1) is 0 Å². The van der Waals surface area contributed by atoms with Gasteiger partial charge < -0.3 is 4.90 Å². The largest absolute Gasteiger partial charge is 0.323 e. The highest BCUT2D eigenvalue weighted by atomic mass is 32.2. The van der Waals surface area contributed by atoms with E-state index < -0.39 is 10.0 Å². The molecule has 2 aromatic heterocycles. The summed E-state index contributed by atoms with van der Waals surface area (Å²) in [6, 6.07) is 16.3. The van der Waals surface area contributed by atoms with Crippen LogP contribution in [0.1, 0.15) is 22.0 Å². The van der Waals surface area contributed by atoms with Crippen LogP contribution in [0.3, 0.4) is 0 Å². The van der Waals surface area contributed by atoms with Crippen LogP contribution in [0.5, 0.6) is 0 Å². The number of fused-ring (bicyclic) bond motifs is 1. The Morgan fingerprint density at radius 2 is 1.77 bits per heavy atom. The minimum Gasteiger partial charge on any atom is -0.323 e. The molecule has 0 bridgehead atoms. The van der Waals surface area contributed by atoms with Crippen molar-refractivity contribution in [3.05, 3.63) is 75.3 Å². The molecule has 0 saturated carbocycles. The summed E-state index contributed by atoms with van der Waals surface area (Å²) in [5, 5.41) is 3.85. The highest BCUT2D eigenvalue weighted by molar-refractivity contribution is 7.91. The van der Waals surface area contributed by atoms with Gasteiger partial charge in [-0.1, -0.05) is 36.4 Å². The SMILES string of the molecule is O=S(=O)(NC[C@H](c1cccs1)[NH+]1CCc2ccccc2C1)c1cccs1. The number of nitrogens with one attached hydrogen (secondary N) is 2. The number of benzene rings is 1. The van der Waals surface area contributed by atoms with E-state index in [1.165, 1.54) is 32.2 Å². The van der Waals surface area contributed by atoms with Gasteiger partial charge in [-0.15, -0.1) is 22.7 Å². The molecule has 0 amide bonds. The lowest BCUT2D eigenvalue weighted by molar-refractivity contribution is -0.945. The van der Waals surface area contributed by atoms with Crippen molar-refractivity contribution in [3.63, 3.8) is 0 Å². The molecular weight excluding hydrogens is 384 g/mol. The summed E-state index contributed by atoms with van der Waals surface area (Å²) in [7, 11) is -3.44. The first kappa shape index (κ1) is 17.9. The maximum Gasteiger partial charge on any atom is 0.250 e. The average molecular weight is 406 g/mol. The van der Waals surface area contributed by atoms with E-state index in [0.717, 1.165) is 19.5 Å². The van der Waals surface area contributed by atoms with E-state index in [0.29, 0.717) is 10.8 Å². The Labute approximate surface area is 162 Å². The van der Waals surface area contributed by atoms with Gasteiger partial charge in [-0.25, -0.2) is 13.1 Å². The van der Waals surface area contributed by atoms with Gasteiger partial charge in [-0.2, -0.15) is 0 Å². The van der Waals surface area contributed by atoms with Crippen LogP contribution in [0.15, 0.2) is 63.5 Å². The first-order chi connectivity index (χ1) is 12.6. The first-order valence-electron chi connectivity index (χ1n) is 8.61. The van der Waals surface area contributed by atoms with Crippen LogP contribution < -0.4 is 9.62 Å². The molecular formula is C19H21N2O2S3+. The van der Waals surface area contributed by atoms with Gasteiger partial charge in [-0.3, -0.25) is 0 Å². The fourth-order valence-corrected chi connectivity index (χ4v) is 6.49. The number of hydrogen-bond donors (Lipinski definition) is 2. The van der Waals surface area contributed by atoms with Crippen molar-refractivity contribution in [1.82, 2.24) is 4.72 Å². The summed E-state index contributed by atoms with van der Waals surface area (Å²) in [5.74, 6) is 0. The Morgan fingerprint density at radius 1 is 1.00 bits per heavy atom. The second-order valence-electron chi connectivity index (χ2n) is 6.46. The average Bonchev–Trinajstić information content (AvgIpc) is 3.36. The zero-order chi connectivity index (χ0) is 18.0. The van der Waals surface area contributed by atoms with Gasteiger partial charge in [0, 0.05) is 12.0 Å². The molecule has 0 radical (unpaired) electrons. The van der Waals surface area contributed by atoms with E-state index in [1.54, 1.807) is 28.8 Å². The number of thiophene rings is 2. The number of hydrogen-bond acceptors (Lipinski definition) is 4. The fourth-order valence-electron chi connectivity index (χ4n) is 3.52. The Morgan fingerprint density at radius 3 is 2.50 bits per heavy atom. The van der Waals surface area contributed by atoms with Crippen molar-refractivity contribution in [2.24, 2.45) is 0 Å². The predicted octanol–water partition coefficient (Wildman–Crippen LogP) is 2.47. The Balaban J connectivity index is 1.55. The van der Waals surface area contributed by atoms with Crippen molar-refractivity contribution in [3.8, 4) is 0 Å². The monoisotopic (exact) mass is 405 g/mol. The van der Waals surface area contributed by atoms with Gasteiger partial charge in [0.2, 0.25) is 10.0 Å². The summed E-state index contributed by atoms with van der Waals surface area (Å²) in [4.78, 5) is 2.65. The molecule has 2 atom stereocenters. The lowest BCUT2D eigenvalue weighted by Crippen LogP contribution is -3.12. The van der Waals surface area contributed by atoms with Gasteiger partial charge in [0.1, 0.15) is 16.8 Å². The standard InChI is InChI=1S/C19H20N2O2S3/c22-26(23,19-8-4-12-25-19)20-13-17(18-7-3-11-24-18)21-10-9-15-5-1-2-6-16(15)14-21/h1-8,11-12,17,20H,9-10,13-14H2/p+1/t17-/m1/s1. The summed E-state index contributed by atoms with van der Waals surface area (Å²) < 4.78 is 28.3. The van der Waals surface area contributed by atoms with Gasteiger partial charge in [0.25, 0.3) is 0 Å². The molecule has 1 unspecified atom stereocenters. The Bertz CT molecular complexity index is 951. The van der Waals surface area contributed by atoms with Crippen molar-refractivity contribution < 1.29 is 13.3 Å². The van der Waals surface area contributed by atoms with Crippen LogP contribution >= 0.6 is 22.7 Å². The minimum absolute atomic E-state index is 0.123. The summed E-state index contributed by atoms with van der Waals surface area (Å²) >= 11 is 2.95. The maximum atomic E-state index is 12.5. The molecule has 4 rings (SSSR count). The van der Waals surface area contributed by atoms with Crippen LogP contribution in [0.2, 0.25) is 0 Å². The van der Waals surface area contributed by atoms with Crippen molar-refractivity contribution in [2.45, 2.75) is 23.2 Å². The minimum atomic E-state index is -3.44. The summed E-state index contributed by atoms with van der Waals surface area (Å²) in [6.45, 7) is 2.36. The van der Waals surface area contributed by atoms with E-state index >= 15 is 0 Å². The van der Waals surface area contributed by atoms with Crippen LogP contribution in [-0.2, 0) is 23.0 Å². The molecule has 1 aliphatic heterocycles. The van der Waals surface area contributed by atoms with Crippen molar-refractivity contribution >= 4 is 32.7 Å². The molecule has 3 heterocycles. The first-order valence-corrected chi connectivity index (χ1v) is 11.9. The van der Waals surface area contributed by atoms with E-state index in [4.69, 9.17) is 0 Å². The van der Waals surface area contributed by atoms with Gasteiger partial charge >= 0.3 is 0 Å². The third kappa shape index (κ3) is 3.77. The molecule has 2 N–H and O–H groups in total. The molecule has 0 spiro atoms. The summed E-state index contributed by atoms with van der Waals surface area (Å²) in [5.41, 5.74) is 2.79. The molecule has 7 heteroatoms. The Hall–Kier alpha value is -1.51. The number of quaternary nitrogens is 1. The van der Waals surface area contributed by atoms with E-state index in [9.17, 15) is 8.42 Å². The van der Waals surface area contributed by atoms with Crippen molar-refractivity contribution in [2.75, 3.05) is 13.1 Å². The smallest absolute Gasteiger partial charge is 0.250 e. The quantitative estimate of drug-likeness (QED) is 0.662. The lowest BCUT2D eigenvalue weighted by atomic mass is 9.98. The zero-order valence-electron chi connectivity index (χ0n) is 14.2. The normalized spacial score (nSPS) is 18.4. The molecule has 1 aromatic carbocycles. The second kappa shape index (κ2) is 7.62. The molecule has 4 nitrogen and oxygen atoms in total. The fraction of sp³-hybridized carbons (Fsp3) is 0.263. The third-order valence-corrected chi connectivity index (χ3v) is 8.68. The Kier molecular flexibility index (Phi) is 5.24. The van der Waals surface area contributed by atoms with Gasteiger partial charge in [-0.05, 0) is 28.5 Å². The zero-order valence-corrected chi connectivity index (χ0v) is 16.7.